The summed E-state index contributed by atoms with van der Waals surface area (Å²) in [5.41, 5.74) is 2.42. The topological polar surface area (TPSA) is 34.1 Å². The molecule has 88 valence electrons. The van der Waals surface area contributed by atoms with E-state index >= 15 is 0 Å². The zero-order valence-corrected chi connectivity index (χ0v) is 10.4. The summed E-state index contributed by atoms with van der Waals surface area (Å²) in [6.45, 7) is 5.88. The lowest BCUT2D eigenvalue weighted by Gasteiger charge is -2.43. The van der Waals surface area contributed by atoms with Crippen molar-refractivity contribution >= 4 is 11.6 Å². The Balaban J connectivity index is 2.34. The highest BCUT2D eigenvalue weighted by Crippen LogP contribution is 2.50. The van der Waals surface area contributed by atoms with Gasteiger partial charge in [-0.1, -0.05) is 12.5 Å². The Labute approximate surface area is 97.1 Å². The minimum absolute atomic E-state index is 0.156. The van der Waals surface area contributed by atoms with E-state index in [1.165, 1.54) is 5.57 Å². The molecule has 0 aromatic carbocycles. The predicted octanol–water partition coefficient (Wildman–Crippen LogP) is 3.06. The second-order valence-electron chi connectivity index (χ2n) is 5.64. The molecule has 0 saturated heterocycles. The molecular weight excluding hydrogens is 200 g/mol. The SMILES string of the molecule is CC(=O)[C@@H]1CC[C@]2(C)CCC(=O)C(C)=C2C1. The zero-order chi connectivity index (χ0) is 11.9. The maximum Gasteiger partial charge on any atom is 0.158 e. The fourth-order valence-corrected chi connectivity index (χ4v) is 3.21. The molecule has 1 fully saturated rings. The third kappa shape index (κ3) is 1.74. The Morgan fingerprint density at radius 3 is 2.69 bits per heavy atom. The molecule has 0 radical (unpaired) electrons. The van der Waals surface area contributed by atoms with Gasteiger partial charge in [0.1, 0.15) is 5.78 Å². The van der Waals surface area contributed by atoms with Crippen LogP contribution < -0.4 is 0 Å². The van der Waals surface area contributed by atoms with Crippen LogP contribution in [0, 0.1) is 11.3 Å². The molecule has 0 aromatic rings. The van der Waals surface area contributed by atoms with E-state index in [0.717, 1.165) is 31.3 Å². The summed E-state index contributed by atoms with van der Waals surface area (Å²) in [4.78, 5) is 23.2. The van der Waals surface area contributed by atoms with Crippen LogP contribution >= 0.6 is 0 Å². The van der Waals surface area contributed by atoms with E-state index < -0.39 is 0 Å². The molecule has 2 nitrogen and oxygen atoms in total. The average molecular weight is 220 g/mol. The molecule has 0 bridgehead atoms. The summed E-state index contributed by atoms with van der Waals surface area (Å²) >= 11 is 0. The molecule has 0 unspecified atom stereocenters. The minimum atomic E-state index is 0.156. The highest BCUT2D eigenvalue weighted by atomic mass is 16.1. The molecular formula is C14H20O2. The number of hydrogen-bond acceptors (Lipinski definition) is 2. The fourth-order valence-electron chi connectivity index (χ4n) is 3.21. The summed E-state index contributed by atoms with van der Waals surface area (Å²) in [5.74, 6) is 0.723. The molecule has 16 heavy (non-hydrogen) atoms. The van der Waals surface area contributed by atoms with Gasteiger partial charge in [0.25, 0.3) is 0 Å². The van der Waals surface area contributed by atoms with E-state index in [2.05, 4.69) is 6.92 Å². The highest BCUT2D eigenvalue weighted by molar-refractivity contribution is 5.97. The first-order chi connectivity index (χ1) is 7.44. The Kier molecular flexibility index (Phi) is 2.77. The smallest absolute Gasteiger partial charge is 0.158 e. The van der Waals surface area contributed by atoms with Crippen LogP contribution in [0.5, 0.6) is 0 Å². The van der Waals surface area contributed by atoms with Crippen molar-refractivity contribution < 1.29 is 9.59 Å². The van der Waals surface area contributed by atoms with Gasteiger partial charge in [-0.05, 0) is 50.5 Å². The van der Waals surface area contributed by atoms with Crippen LogP contribution in [0.3, 0.4) is 0 Å². The van der Waals surface area contributed by atoms with Crippen molar-refractivity contribution in [3.05, 3.63) is 11.1 Å². The fraction of sp³-hybridized carbons (Fsp3) is 0.714. The monoisotopic (exact) mass is 220 g/mol. The maximum absolute atomic E-state index is 11.7. The maximum atomic E-state index is 11.7. The molecule has 0 amide bonds. The minimum Gasteiger partial charge on any atom is -0.300 e. The Bertz CT molecular complexity index is 378. The number of ketones is 2. The van der Waals surface area contributed by atoms with Crippen molar-refractivity contribution in [1.29, 1.82) is 0 Å². The van der Waals surface area contributed by atoms with E-state index in [-0.39, 0.29) is 22.9 Å². The van der Waals surface area contributed by atoms with Gasteiger partial charge >= 0.3 is 0 Å². The predicted molar refractivity (Wildman–Crippen MR) is 63.1 cm³/mol. The molecule has 2 rings (SSSR count). The van der Waals surface area contributed by atoms with Gasteiger partial charge in [-0.3, -0.25) is 9.59 Å². The molecule has 2 heteroatoms. The van der Waals surface area contributed by atoms with Crippen LogP contribution in [0.25, 0.3) is 0 Å². The van der Waals surface area contributed by atoms with Gasteiger partial charge in [0, 0.05) is 12.3 Å². The molecule has 1 saturated carbocycles. The number of Topliss-reactive ketones (excluding diaryl/α,β-unsaturated/α-hetero) is 2. The second kappa shape index (κ2) is 3.83. The molecule has 2 atom stereocenters. The van der Waals surface area contributed by atoms with Crippen molar-refractivity contribution in [3.8, 4) is 0 Å². The van der Waals surface area contributed by atoms with Gasteiger partial charge in [0.05, 0.1) is 0 Å². The summed E-state index contributed by atoms with van der Waals surface area (Å²) in [6, 6.07) is 0. The van der Waals surface area contributed by atoms with E-state index in [4.69, 9.17) is 0 Å². The average Bonchev–Trinajstić information content (AvgIpc) is 2.24. The van der Waals surface area contributed by atoms with E-state index in [9.17, 15) is 9.59 Å². The molecule has 2 aliphatic carbocycles. The van der Waals surface area contributed by atoms with Crippen LogP contribution in [0.2, 0.25) is 0 Å². The van der Waals surface area contributed by atoms with Gasteiger partial charge in [0.15, 0.2) is 5.78 Å². The molecule has 0 N–H and O–H groups in total. The van der Waals surface area contributed by atoms with Crippen molar-refractivity contribution in [1.82, 2.24) is 0 Å². The number of carbonyl (C=O) groups excluding carboxylic acids is 2. The lowest BCUT2D eigenvalue weighted by Crippen LogP contribution is -2.35. The number of fused-ring (bicyclic) bond motifs is 1. The number of allylic oxidation sites excluding steroid dienone is 2. The number of rotatable bonds is 1. The first kappa shape index (κ1) is 11.6. The molecule has 0 spiro atoms. The summed E-state index contributed by atoms with van der Waals surface area (Å²) in [5, 5.41) is 0. The molecule has 2 aliphatic rings. The number of hydrogen-bond donors (Lipinski definition) is 0. The van der Waals surface area contributed by atoms with Crippen LogP contribution in [0.4, 0.5) is 0 Å². The lowest BCUT2D eigenvalue weighted by atomic mass is 9.61. The Morgan fingerprint density at radius 2 is 2.06 bits per heavy atom. The van der Waals surface area contributed by atoms with Crippen molar-refractivity contribution in [2.45, 2.75) is 52.9 Å². The summed E-state index contributed by atoms with van der Waals surface area (Å²) in [6.07, 6.45) is 4.55. The van der Waals surface area contributed by atoms with Crippen LogP contribution in [0.1, 0.15) is 52.9 Å². The largest absolute Gasteiger partial charge is 0.300 e. The van der Waals surface area contributed by atoms with Gasteiger partial charge in [-0.25, -0.2) is 0 Å². The van der Waals surface area contributed by atoms with E-state index in [1.54, 1.807) is 6.92 Å². The van der Waals surface area contributed by atoms with Crippen molar-refractivity contribution in [3.63, 3.8) is 0 Å². The second-order valence-corrected chi connectivity index (χ2v) is 5.64. The lowest BCUT2D eigenvalue weighted by molar-refractivity contribution is -0.122. The van der Waals surface area contributed by atoms with Crippen LogP contribution in [0.15, 0.2) is 11.1 Å². The van der Waals surface area contributed by atoms with E-state index in [1.807, 2.05) is 6.92 Å². The quantitative estimate of drug-likeness (QED) is 0.680. The van der Waals surface area contributed by atoms with Crippen molar-refractivity contribution in [2.75, 3.05) is 0 Å². The Morgan fingerprint density at radius 1 is 1.38 bits per heavy atom. The van der Waals surface area contributed by atoms with E-state index in [0.29, 0.717) is 6.42 Å². The molecule has 0 aromatic heterocycles. The Hall–Kier alpha value is -0.920. The first-order valence-corrected chi connectivity index (χ1v) is 6.18. The normalized spacial score (nSPS) is 34.9. The van der Waals surface area contributed by atoms with Gasteiger partial charge in [-0.15, -0.1) is 0 Å². The third-order valence-corrected chi connectivity index (χ3v) is 4.57. The highest BCUT2D eigenvalue weighted by Gasteiger charge is 2.41. The number of carbonyl (C=O) groups is 2. The first-order valence-electron chi connectivity index (χ1n) is 6.18. The van der Waals surface area contributed by atoms with Crippen LogP contribution in [-0.2, 0) is 9.59 Å². The standard InChI is InChI=1S/C14H20O2/c1-9-12-8-11(10(2)15)4-6-14(12,3)7-5-13(9)16/h11H,4-8H2,1-3H3/t11-,14-/m1/s1. The van der Waals surface area contributed by atoms with Crippen molar-refractivity contribution in [2.24, 2.45) is 11.3 Å². The van der Waals surface area contributed by atoms with Crippen LogP contribution in [-0.4, -0.2) is 11.6 Å². The van der Waals surface area contributed by atoms with Gasteiger partial charge in [-0.2, -0.15) is 0 Å². The molecule has 0 aliphatic heterocycles. The van der Waals surface area contributed by atoms with Gasteiger partial charge < -0.3 is 0 Å². The van der Waals surface area contributed by atoms with Gasteiger partial charge in [0.2, 0.25) is 0 Å². The summed E-state index contributed by atoms with van der Waals surface area (Å²) < 4.78 is 0. The molecule has 0 heterocycles. The summed E-state index contributed by atoms with van der Waals surface area (Å²) in [7, 11) is 0. The zero-order valence-electron chi connectivity index (χ0n) is 10.4. The third-order valence-electron chi connectivity index (χ3n) is 4.57.